The lowest BCUT2D eigenvalue weighted by Crippen LogP contribution is -1.98. The van der Waals surface area contributed by atoms with E-state index < -0.39 is 0 Å². The van der Waals surface area contributed by atoms with Gasteiger partial charge in [-0.15, -0.1) is 0 Å². The van der Waals surface area contributed by atoms with Gasteiger partial charge in [0.25, 0.3) is 0 Å². The first-order valence-electron chi connectivity index (χ1n) is 7.12. The van der Waals surface area contributed by atoms with Gasteiger partial charge in [0.15, 0.2) is 0 Å². The Kier molecular flexibility index (Phi) is 12.3. The Balaban J connectivity index is 3.91. The van der Waals surface area contributed by atoms with Gasteiger partial charge < -0.3 is 4.90 Å². The van der Waals surface area contributed by atoms with E-state index in [1.165, 1.54) is 32.1 Å². The van der Waals surface area contributed by atoms with Crippen LogP contribution in [0.25, 0.3) is 0 Å². The standard InChI is InChI=1S/C16H29N/c1-4-7-10-11-12-13-16-17(14-8-5-2)15-9-6-3/h8-9,13-16H,4-7,10-12H2,1-3H3. The van der Waals surface area contributed by atoms with E-state index in [0.717, 1.165) is 12.8 Å². The zero-order valence-corrected chi connectivity index (χ0v) is 11.9. The zero-order valence-electron chi connectivity index (χ0n) is 11.9. The van der Waals surface area contributed by atoms with Crippen molar-refractivity contribution in [2.45, 2.75) is 65.7 Å². The Morgan fingerprint density at radius 1 is 0.706 bits per heavy atom. The largest absolute Gasteiger partial charge is 0.332 e. The molecule has 1 heteroatoms. The summed E-state index contributed by atoms with van der Waals surface area (Å²) in [5.41, 5.74) is 0. The van der Waals surface area contributed by atoms with Gasteiger partial charge in [-0.05, 0) is 25.7 Å². The Hall–Kier alpha value is -0.980. The molecule has 17 heavy (non-hydrogen) atoms. The molecule has 0 N–H and O–H groups in total. The van der Waals surface area contributed by atoms with Crippen LogP contribution in [0.15, 0.2) is 36.8 Å². The summed E-state index contributed by atoms with van der Waals surface area (Å²) in [4.78, 5) is 2.15. The van der Waals surface area contributed by atoms with Crippen LogP contribution in [0.5, 0.6) is 0 Å². The topological polar surface area (TPSA) is 3.24 Å². The van der Waals surface area contributed by atoms with Crippen LogP contribution in [0.1, 0.15) is 65.7 Å². The van der Waals surface area contributed by atoms with Gasteiger partial charge in [-0.1, -0.05) is 58.3 Å². The summed E-state index contributed by atoms with van der Waals surface area (Å²) in [6.07, 6.45) is 21.8. The van der Waals surface area contributed by atoms with Crippen molar-refractivity contribution < 1.29 is 0 Å². The maximum atomic E-state index is 2.27. The number of allylic oxidation sites excluding steroid dienone is 3. The predicted molar refractivity (Wildman–Crippen MR) is 78.6 cm³/mol. The van der Waals surface area contributed by atoms with Gasteiger partial charge in [0, 0.05) is 18.6 Å². The normalized spacial score (nSPS) is 12.2. The maximum Gasteiger partial charge on any atom is 0.00417 e. The summed E-state index contributed by atoms with van der Waals surface area (Å²) in [5, 5.41) is 0. The molecule has 0 aromatic rings. The van der Waals surface area contributed by atoms with Crippen molar-refractivity contribution in [3.05, 3.63) is 36.8 Å². The second-order valence-corrected chi connectivity index (χ2v) is 4.27. The third-order valence-electron chi connectivity index (χ3n) is 2.53. The minimum Gasteiger partial charge on any atom is -0.332 e. The van der Waals surface area contributed by atoms with Crippen molar-refractivity contribution in [2.75, 3.05) is 0 Å². The third kappa shape index (κ3) is 11.3. The molecular weight excluding hydrogens is 206 g/mol. The minimum absolute atomic E-state index is 1.08. The lowest BCUT2D eigenvalue weighted by Gasteiger charge is -2.08. The Morgan fingerprint density at radius 3 is 1.82 bits per heavy atom. The lowest BCUT2D eigenvalue weighted by atomic mass is 10.1. The number of rotatable bonds is 10. The van der Waals surface area contributed by atoms with Crippen LogP contribution >= 0.6 is 0 Å². The Bertz CT molecular complexity index is 212. The van der Waals surface area contributed by atoms with Crippen LogP contribution in [0.2, 0.25) is 0 Å². The van der Waals surface area contributed by atoms with Gasteiger partial charge >= 0.3 is 0 Å². The lowest BCUT2D eigenvalue weighted by molar-refractivity contribution is 0.655. The number of unbranched alkanes of at least 4 members (excludes halogenated alkanes) is 4. The van der Waals surface area contributed by atoms with E-state index in [-0.39, 0.29) is 0 Å². The minimum atomic E-state index is 1.08. The Morgan fingerprint density at radius 2 is 1.29 bits per heavy atom. The van der Waals surface area contributed by atoms with Crippen LogP contribution < -0.4 is 0 Å². The molecule has 98 valence electrons. The molecule has 0 radical (unpaired) electrons. The molecule has 0 aromatic carbocycles. The molecule has 0 aliphatic rings. The molecule has 0 rings (SSSR count). The average molecular weight is 235 g/mol. The molecule has 0 atom stereocenters. The highest BCUT2D eigenvalue weighted by atomic mass is 15.1. The molecule has 1 nitrogen and oxygen atoms in total. The molecule has 0 saturated carbocycles. The second-order valence-electron chi connectivity index (χ2n) is 4.27. The van der Waals surface area contributed by atoms with E-state index in [9.17, 15) is 0 Å². The van der Waals surface area contributed by atoms with Crippen molar-refractivity contribution in [1.29, 1.82) is 0 Å². The third-order valence-corrected chi connectivity index (χ3v) is 2.53. The number of hydrogen-bond acceptors (Lipinski definition) is 1. The predicted octanol–water partition coefficient (Wildman–Crippen LogP) is 5.62. The average Bonchev–Trinajstić information content (AvgIpc) is 2.35. The summed E-state index contributed by atoms with van der Waals surface area (Å²) in [7, 11) is 0. The van der Waals surface area contributed by atoms with Gasteiger partial charge in [-0.2, -0.15) is 0 Å². The van der Waals surface area contributed by atoms with Crippen molar-refractivity contribution in [1.82, 2.24) is 4.90 Å². The van der Waals surface area contributed by atoms with Gasteiger partial charge in [0.05, 0.1) is 0 Å². The van der Waals surface area contributed by atoms with Crippen molar-refractivity contribution in [3.8, 4) is 0 Å². The SMILES string of the molecule is CCC=CN(C=CCC)C=CCCCCCC. The van der Waals surface area contributed by atoms with Gasteiger partial charge in [-0.3, -0.25) is 0 Å². The fraction of sp³-hybridized carbons (Fsp3) is 0.625. The molecule has 0 unspecified atom stereocenters. The van der Waals surface area contributed by atoms with E-state index in [0.29, 0.717) is 0 Å². The molecule has 0 fully saturated rings. The van der Waals surface area contributed by atoms with Gasteiger partial charge in [0.1, 0.15) is 0 Å². The van der Waals surface area contributed by atoms with Crippen molar-refractivity contribution in [3.63, 3.8) is 0 Å². The van der Waals surface area contributed by atoms with E-state index in [2.05, 4.69) is 62.5 Å². The van der Waals surface area contributed by atoms with Crippen LogP contribution in [0.4, 0.5) is 0 Å². The molecule has 0 saturated heterocycles. The number of nitrogens with zero attached hydrogens (tertiary/aromatic N) is 1. The molecule has 0 heterocycles. The van der Waals surface area contributed by atoms with Crippen molar-refractivity contribution in [2.24, 2.45) is 0 Å². The van der Waals surface area contributed by atoms with Gasteiger partial charge in [0.2, 0.25) is 0 Å². The summed E-state index contributed by atoms with van der Waals surface area (Å²) in [5.74, 6) is 0. The highest BCUT2D eigenvalue weighted by Gasteiger charge is 1.87. The molecule has 0 aliphatic carbocycles. The zero-order chi connectivity index (χ0) is 12.8. The first-order valence-corrected chi connectivity index (χ1v) is 7.12. The molecule has 0 aliphatic heterocycles. The highest BCUT2D eigenvalue weighted by molar-refractivity contribution is 4.99. The monoisotopic (exact) mass is 235 g/mol. The summed E-state index contributed by atoms with van der Waals surface area (Å²) in [6, 6.07) is 0. The van der Waals surface area contributed by atoms with Crippen molar-refractivity contribution >= 4 is 0 Å². The summed E-state index contributed by atoms with van der Waals surface area (Å²) >= 11 is 0. The first kappa shape index (κ1) is 16.0. The molecule has 0 aromatic heterocycles. The van der Waals surface area contributed by atoms with E-state index >= 15 is 0 Å². The Labute approximate surface area is 108 Å². The molecule has 0 bridgehead atoms. The van der Waals surface area contributed by atoms with Gasteiger partial charge in [-0.25, -0.2) is 0 Å². The first-order chi connectivity index (χ1) is 8.35. The molecule has 0 amide bonds. The van der Waals surface area contributed by atoms with E-state index in [1.807, 2.05) is 0 Å². The quantitative estimate of drug-likeness (QED) is 0.444. The van der Waals surface area contributed by atoms with E-state index in [4.69, 9.17) is 0 Å². The van der Waals surface area contributed by atoms with Crippen LogP contribution in [-0.4, -0.2) is 4.90 Å². The number of hydrogen-bond donors (Lipinski definition) is 0. The smallest absolute Gasteiger partial charge is 0.00417 e. The van der Waals surface area contributed by atoms with Crippen LogP contribution in [0.3, 0.4) is 0 Å². The maximum absolute atomic E-state index is 2.27. The summed E-state index contributed by atoms with van der Waals surface area (Å²) < 4.78 is 0. The second kappa shape index (κ2) is 13.1. The van der Waals surface area contributed by atoms with E-state index in [1.54, 1.807) is 0 Å². The highest BCUT2D eigenvalue weighted by Crippen LogP contribution is 2.04. The summed E-state index contributed by atoms with van der Waals surface area (Å²) in [6.45, 7) is 6.57. The van der Waals surface area contributed by atoms with Crippen LogP contribution in [0, 0.1) is 0 Å². The fourth-order valence-electron chi connectivity index (χ4n) is 1.49. The fourth-order valence-corrected chi connectivity index (χ4v) is 1.49. The van der Waals surface area contributed by atoms with Crippen LogP contribution in [-0.2, 0) is 0 Å². The molecular formula is C16H29N. The molecule has 0 spiro atoms.